The highest BCUT2D eigenvalue weighted by Gasteiger charge is 2.34. The fraction of sp³-hybridized carbons (Fsp3) is 0.120. The molecule has 4 aromatic rings. The van der Waals surface area contributed by atoms with Crippen molar-refractivity contribution in [3.05, 3.63) is 94.4 Å². The molecule has 1 amide bonds. The van der Waals surface area contributed by atoms with Crippen molar-refractivity contribution in [1.29, 1.82) is 0 Å². The van der Waals surface area contributed by atoms with Crippen molar-refractivity contribution >= 4 is 33.5 Å². The molecule has 9 heteroatoms. The molecule has 0 spiro atoms. The topological polar surface area (TPSA) is 94.0 Å². The van der Waals surface area contributed by atoms with Crippen LogP contribution in [0.15, 0.2) is 88.8 Å². The molecule has 0 saturated carbocycles. The molecule has 0 fully saturated rings. The van der Waals surface area contributed by atoms with Gasteiger partial charge in [0.05, 0.1) is 24.6 Å². The van der Waals surface area contributed by atoms with Crippen LogP contribution in [-0.2, 0) is 4.79 Å². The monoisotopic (exact) mass is 516 g/mol. The molecule has 0 bridgehead atoms. The number of methoxy groups -OCH3 is 1. The van der Waals surface area contributed by atoms with E-state index in [1.807, 2.05) is 55.5 Å². The zero-order valence-corrected chi connectivity index (χ0v) is 20.1. The molecule has 8 nitrogen and oxygen atoms in total. The first-order valence-corrected chi connectivity index (χ1v) is 11.4. The van der Waals surface area contributed by atoms with E-state index in [0.29, 0.717) is 28.7 Å². The Hall–Kier alpha value is -3.98. The predicted molar refractivity (Wildman–Crippen MR) is 133 cm³/mol. The summed E-state index contributed by atoms with van der Waals surface area (Å²) in [5, 5.41) is 11.0. The highest BCUT2D eigenvalue weighted by atomic mass is 79.9. The third kappa shape index (κ3) is 4.17. The van der Waals surface area contributed by atoms with Gasteiger partial charge < -0.3 is 15.4 Å². The van der Waals surface area contributed by atoms with E-state index in [9.17, 15) is 4.79 Å². The van der Waals surface area contributed by atoms with Crippen molar-refractivity contribution in [3.8, 4) is 17.1 Å². The molecular weight excluding hydrogens is 496 g/mol. The van der Waals surface area contributed by atoms with E-state index in [-0.39, 0.29) is 5.91 Å². The molecule has 2 aromatic heterocycles. The second-order valence-corrected chi connectivity index (χ2v) is 8.66. The first kappa shape index (κ1) is 21.8. The normalized spacial score (nSPS) is 14.9. The number of nitrogens with one attached hydrogen (secondary N) is 2. The minimum atomic E-state index is -0.482. The fourth-order valence-electron chi connectivity index (χ4n) is 3.93. The molecule has 1 unspecified atom stereocenters. The smallest absolute Gasteiger partial charge is 0.255 e. The molecule has 5 rings (SSSR count). The summed E-state index contributed by atoms with van der Waals surface area (Å²) in [7, 11) is 1.63. The van der Waals surface area contributed by atoms with Crippen molar-refractivity contribution < 1.29 is 9.53 Å². The quantitative estimate of drug-likeness (QED) is 0.386. The average Bonchev–Trinajstić information content (AvgIpc) is 3.27. The largest absolute Gasteiger partial charge is 0.497 e. The van der Waals surface area contributed by atoms with Gasteiger partial charge >= 0.3 is 0 Å². The van der Waals surface area contributed by atoms with Gasteiger partial charge in [0.25, 0.3) is 5.91 Å². The molecule has 170 valence electrons. The van der Waals surface area contributed by atoms with Gasteiger partial charge in [-0.25, -0.2) is 4.68 Å². The van der Waals surface area contributed by atoms with Crippen LogP contribution in [0.2, 0.25) is 0 Å². The zero-order valence-electron chi connectivity index (χ0n) is 18.5. The lowest BCUT2D eigenvalue weighted by Gasteiger charge is -2.28. The Bertz CT molecular complexity index is 1380. The number of amides is 1. The second kappa shape index (κ2) is 9.11. The van der Waals surface area contributed by atoms with E-state index < -0.39 is 6.04 Å². The number of fused-ring (bicyclic) bond motifs is 1. The number of carbonyl (C=O) groups excluding carboxylic acids is 1. The summed E-state index contributed by atoms with van der Waals surface area (Å²) in [6.45, 7) is 1.87. The number of rotatable bonds is 5. The number of pyridine rings is 1. The fourth-order valence-corrected chi connectivity index (χ4v) is 4.34. The van der Waals surface area contributed by atoms with Crippen LogP contribution in [0.1, 0.15) is 18.5 Å². The minimum absolute atomic E-state index is 0.241. The number of aromatic nitrogens is 4. The van der Waals surface area contributed by atoms with E-state index in [1.165, 1.54) is 0 Å². The number of allylic oxidation sites excluding steroid dienone is 1. The van der Waals surface area contributed by atoms with Gasteiger partial charge in [-0.15, -0.1) is 5.10 Å². The van der Waals surface area contributed by atoms with Crippen LogP contribution in [0.4, 0.5) is 11.6 Å². The van der Waals surface area contributed by atoms with E-state index in [1.54, 1.807) is 36.3 Å². The number of benzene rings is 2. The lowest BCUT2D eigenvalue weighted by atomic mass is 9.95. The first-order chi connectivity index (χ1) is 16.5. The molecule has 34 heavy (non-hydrogen) atoms. The zero-order chi connectivity index (χ0) is 23.7. The Balaban J connectivity index is 1.59. The van der Waals surface area contributed by atoms with Crippen molar-refractivity contribution in [2.75, 3.05) is 17.7 Å². The summed E-state index contributed by atoms with van der Waals surface area (Å²) in [5.41, 5.74) is 3.60. The van der Waals surface area contributed by atoms with Crippen LogP contribution in [0.25, 0.3) is 11.4 Å². The molecule has 0 aliphatic carbocycles. The number of carbonyl (C=O) groups is 1. The summed E-state index contributed by atoms with van der Waals surface area (Å²) in [6, 6.07) is 18.5. The Morgan fingerprint density at radius 3 is 2.68 bits per heavy atom. The molecule has 3 heterocycles. The number of halogens is 1. The number of anilines is 2. The highest BCUT2D eigenvalue weighted by molar-refractivity contribution is 9.10. The SMILES string of the molecule is COc1ccc(-c2nc3n(n2)C(c2cccc(Br)c2)C(C(=O)Nc2cccnc2)=C(C)N3)cc1. The predicted octanol–water partition coefficient (Wildman–Crippen LogP) is 5.04. The Labute approximate surface area is 204 Å². The van der Waals surface area contributed by atoms with Crippen LogP contribution in [0, 0.1) is 0 Å². The third-order valence-corrected chi connectivity index (χ3v) is 6.02. The van der Waals surface area contributed by atoms with Gasteiger partial charge in [-0.1, -0.05) is 28.1 Å². The van der Waals surface area contributed by atoms with Gasteiger partial charge in [0.2, 0.25) is 5.95 Å². The molecule has 2 N–H and O–H groups in total. The molecule has 1 aliphatic rings. The van der Waals surface area contributed by atoms with Gasteiger partial charge in [0, 0.05) is 21.9 Å². The van der Waals surface area contributed by atoms with E-state index in [2.05, 4.69) is 31.5 Å². The van der Waals surface area contributed by atoms with Crippen LogP contribution >= 0.6 is 15.9 Å². The van der Waals surface area contributed by atoms with E-state index >= 15 is 0 Å². The lowest BCUT2D eigenvalue weighted by molar-refractivity contribution is -0.113. The average molecular weight is 517 g/mol. The Morgan fingerprint density at radius 2 is 1.97 bits per heavy atom. The Kier molecular flexibility index (Phi) is 5.85. The molecule has 1 atom stereocenters. The van der Waals surface area contributed by atoms with Crippen LogP contribution < -0.4 is 15.4 Å². The van der Waals surface area contributed by atoms with E-state index in [4.69, 9.17) is 14.8 Å². The molecular formula is C25H21BrN6O2. The number of hydrogen-bond acceptors (Lipinski definition) is 6. The van der Waals surface area contributed by atoms with Gasteiger partial charge in [-0.05, 0) is 61.0 Å². The summed E-state index contributed by atoms with van der Waals surface area (Å²) in [5.74, 6) is 1.62. The minimum Gasteiger partial charge on any atom is -0.497 e. The lowest BCUT2D eigenvalue weighted by Crippen LogP contribution is -2.31. The summed E-state index contributed by atoms with van der Waals surface area (Å²) < 4.78 is 7.92. The van der Waals surface area contributed by atoms with Gasteiger partial charge in [0.15, 0.2) is 5.82 Å². The Morgan fingerprint density at radius 1 is 1.15 bits per heavy atom. The van der Waals surface area contributed by atoms with Gasteiger partial charge in [-0.3, -0.25) is 9.78 Å². The standard InChI is InChI=1S/C25H21BrN6O2/c1-15-21(24(33)29-19-7-4-12-27-14-19)22(17-5-3-6-18(26)13-17)32-25(28-15)30-23(31-32)16-8-10-20(34-2)11-9-16/h3-14,22H,1-2H3,(H,29,33)(H,28,30,31). The van der Waals surface area contributed by atoms with Crippen molar-refractivity contribution in [1.82, 2.24) is 19.7 Å². The van der Waals surface area contributed by atoms with Crippen molar-refractivity contribution in [2.45, 2.75) is 13.0 Å². The number of ether oxygens (including phenoxy) is 1. The highest BCUT2D eigenvalue weighted by Crippen LogP contribution is 2.37. The molecule has 0 saturated heterocycles. The van der Waals surface area contributed by atoms with Gasteiger partial charge in [0.1, 0.15) is 11.8 Å². The second-order valence-electron chi connectivity index (χ2n) is 7.75. The van der Waals surface area contributed by atoms with E-state index in [0.717, 1.165) is 21.3 Å². The first-order valence-electron chi connectivity index (χ1n) is 10.6. The maximum Gasteiger partial charge on any atom is 0.255 e. The number of hydrogen-bond donors (Lipinski definition) is 2. The van der Waals surface area contributed by atoms with Crippen LogP contribution in [0.3, 0.4) is 0 Å². The summed E-state index contributed by atoms with van der Waals surface area (Å²) >= 11 is 3.55. The number of nitrogens with zero attached hydrogens (tertiary/aromatic N) is 4. The third-order valence-electron chi connectivity index (χ3n) is 5.53. The molecule has 2 aromatic carbocycles. The van der Waals surface area contributed by atoms with Crippen molar-refractivity contribution in [3.63, 3.8) is 0 Å². The molecule has 1 aliphatic heterocycles. The van der Waals surface area contributed by atoms with Crippen LogP contribution in [0.5, 0.6) is 5.75 Å². The summed E-state index contributed by atoms with van der Waals surface area (Å²) in [6.07, 6.45) is 3.27. The summed E-state index contributed by atoms with van der Waals surface area (Å²) in [4.78, 5) is 22.3. The van der Waals surface area contributed by atoms with Crippen molar-refractivity contribution in [2.24, 2.45) is 0 Å². The maximum atomic E-state index is 13.5. The molecule has 0 radical (unpaired) electrons. The van der Waals surface area contributed by atoms with Gasteiger partial charge in [-0.2, -0.15) is 4.98 Å². The maximum absolute atomic E-state index is 13.5. The van der Waals surface area contributed by atoms with Crippen LogP contribution in [-0.4, -0.2) is 32.8 Å².